The quantitative estimate of drug-likeness (QED) is 0.805. The van der Waals surface area contributed by atoms with Crippen molar-refractivity contribution < 1.29 is 14.3 Å². The molecule has 1 aliphatic heterocycles. The molecule has 1 unspecified atom stereocenters. The van der Waals surface area contributed by atoms with Crippen LogP contribution in [0.4, 0.5) is 11.5 Å². The molecule has 1 fully saturated rings. The standard InChI is InChI=1S/C13H16N4O3/c1-2-19-13(18)11-5-9(15)7-16-12(11)17-3-4-20-10(6-14)8-17/h5,7,10H,2-4,8,15H2,1H3. The van der Waals surface area contributed by atoms with Gasteiger partial charge in [-0.2, -0.15) is 5.26 Å². The molecule has 1 aliphatic rings. The van der Waals surface area contributed by atoms with E-state index in [2.05, 4.69) is 11.1 Å². The van der Waals surface area contributed by atoms with Crippen LogP contribution in [0.15, 0.2) is 12.3 Å². The number of anilines is 2. The predicted molar refractivity (Wildman–Crippen MR) is 72.2 cm³/mol. The number of carbonyl (C=O) groups is 1. The topological polar surface area (TPSA) is 101 Å². The van der Waals surface area contributed by atoms with Gasteiger partial charge in [0.25, 0.3) is 0 Å². The molecule has 7 nitrogen and oxygen atoms in total. The van der Waals surface area contributed by atoms with E-state index in [1.807, 2.05) is 4.90 Å². The molecule has 0 saturated carbocycles. The number of rotatable bonds is 3. The summed E-state index contributed by atoms with van der Waals surface area (Å²) in [4.78, 5) is 18.0. The van der Waals surface area contributed by atoms with Crippen LogP contribution < -0.4 is 10.6 Å². The zero-order chi connectivity index (χ0) is 14.5. The molecule has 1 saturated heterocycles. The van der Waals surface area contributed by atoms with Crippen molar-refractivity contribution in [1.82, 2.24) is 4.98 Å². The Morgan fingerprint density at radius 3 is 3.25 bits per heavy atom. The van der Waals surface area contributed by atoms with E-state index < -0.39 is 12.1 Å². The van der Waals surface area contributed by atoms with Crippen LogP contribution >= 0.6 is 0 Å². The number of aromatic nitrogens is 1. The maximum absolute atomic E-state index is 12.0. The lowest BCUT2D eigenvalue weighted by atomic mass is 10.2. The molecular formula is C13H16N4O3. The Hall–Kier alpha value is -2.33. The number of hydrogen-bond acceptors (Lipinski definition) is 7. The van der Waals surface area contributed by atoms with Gasteiger partial charge in [-0.25, -0.2) is 9.78 Å². The van der Waals surface area contributed by atoms with E-state index in [1.165, 1.54) is 12.3 Å². The van der Waals surface area contributed by atoms with Crippen LogP contribution in [0.25, 0.3) is 0 Å². The molecule has 0 amide bonds. The first-order valence-electron chi connectivity index (χ1n) is 6.34. The van der Waals surface area contributed by atoms with Gasteiger partial charge in [-0.1, -0.05) is 0 Å². The molecule has 1 aromatic rings. The van der Waals surface area contributed by atoms with Crippen LogP contribution in [0.2, 0.25) is 0 Å². The first-order valence-corrected chi connectivity index (χ1v) is 6.34. The summed E-state index contributed by atoms with van der Waals surface area (Å²) in [7, 11) is 0. The zero-order valence-electron chi connectivity index (χ0n) is 11.2. The Bertz CT molecular complexity index is 541. The first kappa shape index (κ1) is 14.1. The molecule has 0 spiro atoms. The van der Waals surface area contributed by atoms with Crippen molar-refractivity contribution in [1.29, 1.82) is 5.26 Å². The van der Waals surface area contributed by atoms with Crippen molar-refractivity contribution in [2.45, 2.75) is 13.0 Å². The van der Waals surface area contributed by atoms with E-state index in [0.717, 1.165) is 0 Å². The van der Waals surface area contributed by atoms with Crippen LogP contribution in [0.1, 0.15) is 17.3 Å². The van der Waals surface area contributed by atoms with Crippen LogP contribution in [0.3, 0.4) is 0 Å². The fraction of sp³-hybridized carbons (Fsp3) is 0.462. The van der Waals surface area contributed by atoms with Crippen LogP contribution in [0, 0.1) is 11.3 Å². The van der Waals surface area contributed by atoms with Gasteiger partial charge < -0.3 is 20.1 Å². The number of nitrogen functional groups attached to an aromatic ring is 1. The normalized spacial score (nSPS) is 18.4. The minimum atomic E-state index is -0.529. The van der Waals surface area contributed by atoms with Gasteiger partial charge in [-0.3, -0.25) is 0 Å². The van der Waals surface area contributed by atoms with E-state index >= 15 is 0 Å². The maximum atomic E-state index is 12.0. The Kier molecular flexibility index (Phi) is 4.38. The lowest BCUT2D eigenvalue weighted by molar-refractivity contribution is 0.0523. The molecule has 2 heterocycles. The second-order valence-corrected chi connectivity index (χ2v) is 4.29. The summed E-state index contributed by atoms with van der Waals surface area (Å²) in [5, 5.41) is 8.93. The van der Waals surface area contributed by atoms with Gasteiger partial charge in [0.2, 0.25) is 0 Å². The number of carbonyl (C=O) groups excluding carboxylic acids is 1. The summed E-state index contributed by atoms with van der Waals surface area (Å²) < 4.78 is 10.3. The minimum Gasteiger partial charge on any atom is -0.462 e. The smallest absolute Gasteiger partial charge is 0.341 e. The Balaban J connectivity index is 2.31. The van der Waals surface area contributed by atoms with Crippen molar-refractivity contribution >= 4 is 17.5 Å². The fourth-order valence-corrected chi connectivity index (χ4v) is 2.00. The average molecular weight is 276 g/mol. The van der Waals surface area contributed by atoms with Gasteiger partial charge in [0.15, 0.2) is 6.10 Å². The molecule has 1 atom stereocenters. The van der Waals surface area contributed by atoms with E-state index in [-0.39, 0.29) is 6.61 Å². The number of morpholine rings is 1. The van der Waals surface area contributed by atoms with Crippen molar-refractivity contribution in [3.8, 4) is 6.07 Å². The largest absolute Gasteiger partial charge is 0.462 e. The number of nitrogens with zero attached hydrogens (tertiary/aromatic N) is 3. The molecule has 0 aromatic carbocycles. The molecule has 0 radical (unpaired) electrons. The maximum Gasteiger partial charge on any atom is 0.341 e. The summed E-state index contributed by atoms with van der Waals surface area (Å²) in [6.07, 6.45) is 0.952. The Morgan fingerprint density at radius 1 is 1.75 bits per heavy atom. The third kappa shape index (κ3) is 2.97. The third-order valence-corrected chi connectivity index (χ3v) is 2.89. The second kappa shape index (κ2) is 6.21. The number of pyridine rings is 1. The molecule has 106 valence electrons. The molecule has 1 aromatic heterocycles. The molecule has 7 heteroatoms. The van der Waals surface area contributed by atoms with Crippen molar-refractivity contribution in [3.05, 3.63) is 17.8 Å². The molecule has 2 rings (SSSR count). The zero-order valence-corrected chi connectivity index (χ0v) is 11.2. The van der Waals surface area contributed by atoms with E-state index in [9.17, 15) is 4.79 Å². The predicted octanol–water partition coefficient (Wildman–Crippen LogP) is 0.569. The number of ether oxygens (including phenoxy) is 2. The number of nitrogens with two attached hydrogens (primary N) is 1. The van der Waals surface area contributed by atoms with Gasteiger partial charge >= 0.3 is 5.97 Å². The first-order chi connectivity index (χ1) is 9.65. The highest BCUT2D eigenvalue weighted by atomic mass is 16.5. The summed E-state index contributed by atoms with van der Waals surface area (Å²) in [6, 6.07) is 3.60. The van der Waals surface area contributed by atoms with Gasteiger partial charge in [0.1, 0.15) is 11.4 Å². The second-order valence-electron chi connectivity index (χ2n) is 4.29. The highest BCUT2D eigenvalue weighted by Gasteiger charge is 2.25. The molecule has 0 bridgehead atoms. The minimum absolute atomic E-state index is 0.275. The van der Waals surface area contributed by atoms with E-state index in [4.69, 9.17) is 20.5 Å². The summed E-state index contributed by atoms with van der Waals surface area (Å²) in [5.41, 5.74) is 6.38. The third-order valence-electron chi connectivity index (χ3n) is 2.89. The van der Waals surface area contributed by atoms with E-state index in [1.54, 1.807) is 6.92 Å². The lowest BCUT2D eigenvalue weighted by Gasteiger charge is -2.31. The van der Waals surface area contributed by atoms with Gasteiger partial charge in [-0.05, 0) is 13.0 Å². The van der Waals surface area contributed by atoms with Gasteiger partial charge in [0, 0.05) is 6.54 Å². The van der Waals surface area contributed by atoms with Crippen LogP contribution in [-0.4, -0.2) is 43.4 Å². The summed E-state index contributed by atoms with van der Waals surface area (Å²) in [5.74, 6) is 0.00324. The van der Waals surface area contributed by atoms with Crippen molar-refractivity contribution in [2.75, 3.05) is 36.9 Å². The van der Waals surface area contributed by atoms with Gasteiger partial charge in [0.05, 0.1) is 37.7 Å². The highest BCUT2D eigenvalue weighted by Crippen LogP contribution is 2.23. The molecule has 2 N–H and O–H groups in total. The van der Waals surface area contributed by atoms with Crippen LogP contribution in [-0.2, 0) is 9.47 Å². The van der Waals surface area contributed by atoms with E-state index in [0.29, 0.717) is 36.8 Å². The fourth-order valence-electron chi connectivity index (χ4n) is 2.00. The summed E-state index contributed by atoms with van der Waals surface area (Å²) in [6.45, 7) is 3.34. The average Bonchev–Trinajstić information content (AvgIpc) is 2.47. The lowest BCUT2D eigenvalue weighted by Crippen LogP contribution is -2.43. The SMILES string of the molecule is CCOC(=O)c1cc(N)cnc1N1CCOC(C#N)C1. The Morgan fingerprint density at radius 2 is 2.55 bits per heavy atom. The van der Waals surface area contributed by atoms with Crippen LogP contribution in [0.5, 0.6) is 0 Å². The number of hydrogen-bond donors (Lipinski definition) is 1. The molecule has 0 aliphatic carbocycles. The highest BCUT2D eigenvalue weighted by molar-refractivity contribution is 5.95. The number of nitriles is 1. The Labute approximate surface area is 116 Å². The summed E-state index contributed by atoms with van der Waals surface area (Å²) >= 11 is 0. The monoisotopic (exact) mass is 276 g/mol. The van der Waals surface area contributed by atoms with Gasteiger partial charge in [-0.15, -0.1) is 0 Å². The molecule has 20 heavy (non-hydrogen) atoms. The number of esters is 1. The molecular weight excluding hydrogens is 260 g/mol. The van der Waals surface area contributed by atoms with Crippen molar-refractivity contribution in [3.63, 3.8) is 0 Å². The van der Waals surface area contributed by atoms with Crippen molar-refractivity contribution in [2.24, 2.45) is 0 Å².